The van der Waals surface area contributed by atoms with Gasteiger partial charge in [-0.2, -0.15) is 0 Å². The molecule has 0 aromatic rings. The minimum absolute atomic E-state index is 0.271. The molecule has 0 radical (unpaired) electrons. The lowest BCUT2D eigenvalue weighted by atomic mass is 10.2. The highest BCUT2D eigenvalue weighted by Gasteiger charge is 2.18. The van der Waals surface area contributed by atoms with Crippen LogP contribution in [0.15, 0.2) is 12.5 Å². The van der Waals surface area contributed by atoms with Gasteiger partial charge in [0.2, 0.25) is 0 Å². The van der Waals surface area contributed by atoms with Crippen LogP contribution in [0.2, 0.25) is 0 Å². The van der Waals surface area contributed by atoms with Gasteiger partial charge in [0.15, 0.2) is 0 Å². The van der Waals surface area contributed by atoms with Crippen molar-refractivity contribution < 1.29 is 9.47 Å². The Morgan fingerprint density at radius 2 is 2.50 bits per heavy atom. The molecule has 2 nitrogen and oxygen atoms in total. The summed E-state index contributed by atoms with van der Waals surface area (Å²) in [6, 6.07) is 0. The van der Waals surface area contributed by atoms with Crippen LogP contribution >= 0.6 is 0 Å². The molecule has 1 rings (SSSR count). The van der Waals surface area contributed by atoms with Crippen molar-refractivity contribution in [1.29, 1.82) is 0 Å². The minimum Gasteiger partial charge on any atom is -0.462 e. The SMILES string of the molecule is C=C1OCC(CCCC)O1. The second-order valence-electron chi connectivity index (χ2n) is 2.57. The molecule has 0 saturated carbocycles. The van der Waals surface area contributed by atoms with Crippen LogP contribution in [-0.2, 0) is 9.47 Å². The van der Waals surface area contributed by atoms with E-state index in [-0.39, 0.29) is 6.10 Å². The highest BCUT2D eigenvalue weighted by atomic mass is 16.7. The first-order chi connectivity index (χ1) is 4.83. The Balaban J connectivity index is 2.12. The van der Waals surface area contributed by atoms with Gasteiger partial charge in [-0.15, -0.1) is 0 Å². The van der Waals surface area contributed by atoms with Gasteiger partial charge in [-0.1, -0.05) is 13.3 Å². The van der Waals surface area contributed by atoms with E-state index in [1.807, 2.05) is 0 Å². The number of ether oxygens (including phenoxy) is 2. The average Bonchev–Trinajstić information content (AvgIpc) is 2.31. The summed E-state index contributed by atoms with van der Waals surface area (Å²) in [4.78, 5) is 0. The van der Waals surface area contributed by atoms with Gasteiger partial charge in [-0.05, 0) is 19.4 Å². The fraction of sp³-hybridized carbons (Fsp3) is 0.750. The summed E-state index contributed by atoms with van der Waals surface area (Å²) in [5.74, 6) is 0.487. The Morgan fingerprint density at radius 1 is 1.70 bits per heavy atom. The van der Waals surface area contributed by atoms with Gasteiger partial charge >= 0.3 is 0 Å². The third-order valence-corrected chi connectivity index (χ3v) is 1.61. The van der Waals surface area contributed by atoms with Gasteiger partial charge in [0.1, 0.15) is 12.7 Å². The van der Waals surface area contributed by atoms with Crippen LogP contribution in [-0.4, -0.2) is 12.7 Å². The Morgan fingerprint density at radius 3 is 3.00 bits per heavy atom. The van der Waals surface area contributed by atoms with E-state index in [4.69, 9.17) is 9.47 Å². The van der Waals surface area contributed by atoms with Crippen LogP contribution in [0.3, 0.4) is 0 Å². The highest BCUT2D eigenvalue weighted by Crippen LogP contribution is 2.17. The predicted octanol–water partition coefficient (Wildman–Crippen LogP) is 2.06. The monoisotopic (exact) mass is 142 g/mol. The largest absolute Gasteiger partial charge is 0.462 e. The Bertz CT molecular complexity index is 120. The molecule has 10 heavy (non-hydrogen) atoms. The molecule has 0 amide bonds. The van der Waals surface area contributed by atoms with Crippen LogP contribution < -0.4 is 0 Å². The second-order valence-corrected chi connectivity index (χ2v) is 2.57. The highest BCUT2D eigenvalue weighted by molar-refractivity contribution is 4.78. The van der Waals surface area contributed by atoms with Crippen molar-refractivity contribution in [2.45, 2.75) is 32.3 Å². The van der Waals surface area contributed by atoms with E-state index in [0.717, 1.165) is 6.42 Å². The molecule has 0 aromatic heterocycles. The van der Waals surface area contributed by atoms with Crippen LogP contribution in [0.1, 0.15) is 26.2 Å². The predicted molar refractivity (Wildman–Crippen MR) is 39.5 cm³/mol. The number of hydrogen-bond acceptors (Lipinski definition) is 2. The first kappa shape index (κ1) is 7.45. The third kappa shape index (κ3) is 1.94. The molecule has 1 saturated heterocycles. The van der Waals surface area contributed by atoms with Gasteiger partial charge in [0, 0.05) is 0 Å². The third-order valence-electron chi connectivity index (χ3n) is 1.61. The molecular weight excluding hydrogens is 128 g/mol. The summed E-state index contributed by atoms with van der Waals surface area (Å²) in [5, 5.41) is 0. The average molecular weight is 142 g/mol. The number of unbranched alkanes of at least 4 members (excludes halogenated alkanes) is 1. The first-order valence-electron chi connectivity index (χ1n) is 3.81. The number of rotatable bonds is 3. The van der Waals surface area contributed by atoms with Crippen molar-refractivity contribution in [1.82, 2.24) is 0 Å². The van der Waals surface area contributed by atoms with Gasteiger partial charge in [-0.3, -0.25) is 0 Å². The van der Waals surface area contributed by atoms with E-state index in [2.05, 4.69) is 13.5 Å². The zero-order chi connectivity index (χ0) is 7.40. The van der Waals surface area contributed by atoms with Crippen LogP contribution in [0, 0.1) is 0 Å². The molecule has 0 N–H and O–H groups in total. The summed E-state index contributed by atoms with van der Waals surface area (Å²) in [7, 11) is 0. The van der Waals surface area contributed by atoms with E-state index in [0.29, 0.717) is 12.6 Å². The molecule has 0 aliphatic carbocycles. The van der Waals surface area contributed by atoms with Gasteiger partial charge < -0.3 is 9.47 Å². The molecule has 1 aliphatic heterocycles. The summed E-state index contributed by atoms with van der Waals surface area (Å²) >= 11 is 0. The Hall–Kier alpha value is -0.660. The van der Waals surface area contributed by atoms with Crippen molar-refractivity contribution in [3.05, 3.63) is 12.5 Å². The molecule has 1 heterocycles. The lowest BCUT2D eigenvalue weighted by Gasteiger charge is -2.04. The zero-order valence-electron chi connectivity index (χ0n) is 6.43. The van der Waals surface area contributed by atoms with E-state index >= 15 is 0 Å². The molecule has 0 spiro atoms. The molecule has 0 aromatic carbocycles. The fourth-order valence-electron chi connectivity index (χ4n) is 1.01. The summed E-state index contributed by atoms with van der Waals surface area (Å²) in [6.45, 7) is 6.43. The Kier molecular flexibility index (Phi) is 2.60. The van der Waals surface area contributed by atoms with Gasteiger partial charge in [-0.25, -0.2) is 0 Å². The molecule has 2 heteroatoms. The molecular formula is C8H14O2. The maximum Gasteiger partial charge on any atom is 0.272 e. The van der Waals surface area contributed by atoms with Crippen molar-refractivity contribution in [2.75, 3.05) is 6.61 Å². The van der Waals surface area contributed by atoms with E-state index in [9.17, 15) is 0 Å². The van der Waals surface area contributed by atoms with Crippen LogP contribution in [0.4, 0.5) is 0 Å². The lowest BCUT2D eigenvalue weighted by Crippen LogP contribution is -2.07. The summed E-state index contributed by atoms with van der Waals surface area (Å²) in [5.41, 5.74) is 0. The van der Waals surface area contributed by atoms with Crippen molar-refractivity contribution >= 4 is 0 Å². The molecule has 1 aliphatic rings. The standard InChI is InChI=1S/C8H14O2/c1-3-4-5-8-6-9-7(2)10-8/h8H,2-6H2,1H3. The van der Waals surface area contributed by atoms with Crippen LogP contribution in [0.25, 0.3) is 0 Å². The molecule has 1 fully saturated rings. The van der Waals surface area contributed by atoms with E-state index < -0.39 is 0 Å². The van der Waals surface area contributed by atoms with E-state index in [1.54, 1.807) is 0 Å². The molecule has 1 atom stereocenters. The maximum absolute atomic E-state index is 5.25. The molecule has 1 unspecified atom stereocenters. The maximum atomic E-state index is 5.25. The topological polar surface area (TPSA) is 18.5 Å². The van der Waals surface area contributed by atoms with Crippen LogP contribution in [0.5, 0.6) is 0 Å². The van der Waals surface area contributed by atoms with Crippen molar-refractivity contribution in [3.8, 4) is 0 Å². The van der Waals surface area contributed by atoms with Gasteiger partial charge in [0.05, 0.1) is 0 Å². The first-order valence-corrected chi connectivity index (χ1v) is 3.81. The fourth-order valence-corrected chi connectivity index (χ4v) is 1.01. The number of hydrogen-bond donors (Lipinski definition) is 0. The summed E-state index contributed by atoms with van der Waals surface area (Å²) < 4.78 is 10.3. The van der Waals surface area contributed by atoms with Gasteiger partial charge in [0.25, 0.3) is 5.95 Å². The Labute approximate surface area is 61.8 Å². The van der Waals surface area contributed by atoms with Crippen molar-refractivity contribution in [2.24, 2.45) is 0 Å². The zero-order valence-corrected chi connectivity index (χ0v) is 6.43. The molecule has 58 valence electrons. The quantitative estimate of drug-likeness (QED) is 0.600. The van der Waals surface area contributed by atoms with Crippen molar-refractivity contribution in [3.63, 3.8) is 0 Å². The second kappa shape index (κ2) is 3.49. The minimum atomic E-state index is 0.271. The summed E-state index contributed by atoms with van der Waals surface area (Å²) in [6.07, 6.45) is 3.79. The smallest absolute Gasteiger partial charge is 0.272 e. The molecule has 0 bridgehead atoms. The van der Waals surface area contributed by atoms with E-state index in [1.165, 1.54) is 12.8 Å². The normalized spacial score (nSPS) is 24.1. The lowest BCUT2D eigenvalue weighted by molar-refractivity contribution is 0.137.